The molecule has 116 valence electrons. The van der Waals surface area contributed by atoms with Crippen LogP contribution in [0.15, 0.2) is 12.1 Å². The van der Waals surface area contributed by atoms with Crippen LogP contribution in [0.5, 0.6) is 11.5 Å². The molecule has 1 heterocycles. The molecule has 5 heteroatoms. The molecule has 0 amide bonds. The van der Waals surface area contributed by atoms with E-state index in [4.69, 9.17) is 14.2 Å². The van der Waals surface area contributed by atoms with E-state index >= 15 is 0 Å². The van der Waals surface area contributed by atoms with Crippen LogP contribution in [0.3, 0.4) is 0 Å². The molecule has 21 heavy (non-hydrogen) atoms. The van der Waals surface area contributed by atoms with Crippen molar-refractivity contribution in [1.29, 1.82) is 0 Å². The van der Waals surface area contributed by atoms with Gasteiger partial charge in [-0.15, -0.1) is 0 Å². The summed E-state index contributed by atoms with van der Waals surface area (Å²) in [6, 6.07) is 3.21. The minimum absolute atomic E-state index is 0.162. The highest BCUT2D eigenvalue weighted by Crippen LogP contribution is 2.46. The van der Waals surface area contributed by atoms with Gasteiger partial charge in [0.05, 0.1) is 23.9 Å². The fraction of sp³-hybridized carbons (Fsp3) is 0.562. The Morgan fingerprint density at radius 2 is 1.71 bits per heavy atom. The number of methoxy groups -OCH3 is 1. The number of ether oxygens (including phenoxy) is 3. The first-order valence-corrected chi connectivity index (χ1v) is 6.86. The fourth-order valence-corrected chi connectivity index (χ4v) is 2.17. The summed E-state index contributed by atoms with van der Waals surface area (Å²) in [7, 11) is 1.44. The summed E-state index contributed by atoms with van der Waals surface area (Å²) in [5.41, 5.74) is -0.106. The Hall–Kier alpha value is -1.59. The van der Waals surface area contributed by atoms with Crippen molar-refractivity contribution < 1.29 is 24.1 Å². The maximum Gasteiger partial charge on any atom is 0.185 e. The molecule has 1 aliphatic rings. The van der Waals surface area contributed by atoms with E-state index < -0.39 is 17.5 Å². The van der Waals surface area contributed by atoms with Crippen molar-refractivity contribution in [2.45, 2.75) is 52.1 Å². The van der Waals surface area contributed by atoms with Crippen molar-refractivity contribution in [2.24, 2.45) is 0 Å². The molecule has 0 bridgehead atoms. The first-order valence-electron chi connectivity index (χ1n) is 6.86. The van der Waals surface area contributed by atoms with Gasteiger partial charge in [-0.3, -0.25) is 4.79 Å². The number of rotatable bonds is 3. The first-order chi connectivity index (χ1) is 9.59. The van der Waals surface area contributed by atoms with E-state index in [-0.39, 0.29) is 22.8 Å². The Bertz CT molecular complexity index is 558. The first kappa shape index (κ1) is 15.8. The molecule has 1 aromatic carbocycles. The van der Waals surface area contributed by atoms with Gasteiger partial charge in [0.15, 0.2) is 23.6 Å². The molecule has 5 nitrogen and oxygen atoms in total. The molecule has 0 atom stereocenters. The molecular formula is C16H22O5. The largest absolute Gasteiger partial charge is 0.504 e. The molecule has 1 aliphatic heterocycles. The highest BCUT2D eigenvalue weighted by atomic mass is 16.7. The van der Waals surface area contributed by atoms with E-state index in [1.54, 1.807) is 12.1 Å². The number of Topliss-reactive ketones (excluding diaryl/α,β-unsaturated/α-hetero) is 1. The van der Waals surface area contributed by atoms with E-state index in [9.17, 15) is 9.90 Å². The Balaban J connectivity index is 2.47. The molecule has 0 aromatic heterocycles. The quantitative estimate of drug-likeness (QED) is 0.867. The highest BCUT2D eigenvalue weighted by molar-refractivity contribution is 5.97. The zero-order chi connectivity index (χ0) is 16.0. The molecule has 0 spiro atoms. The third kappa shape index (κ3) is 2.63. The van der Waals surface area contributed by atoms with Crippen molar-refractivity contribution in [2.75, 3.05) is 7.11 Å². The summed E-state index contributed by atoms with van der Waals surface area (Å²) < 4.78 is 17.0. The van der Waals surface area contributed by atoms with Gasteiger partial charge in [0.25, 0.3) is 0 Å². The second-order valence-corrected chi connectivity index (χ2v) is 6.26. The number of benzene rings is 1. The lowest BCUT2D eigenvalue weighted by Crippen LogP contribution is -2.41. The van der Waals surface area contributed by atoms with E-state index in [1.165, 1.54) is 14.0 Å². The van der Waals surface area contributed by atoms with E-state index in [0.29, 0.717) is 5.56 Å². The summed E-state index contributed by atoms with van der Waals surface area (Å²) in [6.07, 6.45) is -0.609. The molecule has 1 fully saturated rings. The smallest absolute Gasteiger partial charge is 0.185 e. The number of hydrogen-bond donors (Lipinski definition) is 1. The van der Waals surface area contributed by atoms with Crippen molar-refractivity contribution in [1.82, 2.24) is 0 Å². The Labute approximate surface area is 124 Å². The molecular weight excluding hydrogens is 272 g/mol. The Morgan fingerprint density at radius 1 is 1.19 bits per heavy atom. The van der Waals surface area contributed by atoms with Crippen LogP contribution >= 0.6 is 0 Å². The van der Waals surface area contributed by atoms with Crippen molar-refractivity contribution in [3.63, 3.8) is 0 Å². The standard InChI is InChI=1S/C16H22O5/c1-9(17)11-7-10(8-12(19-6)13(11)18)14-20-15(2,3)16(4,5)21-14/h7-8,14,18H,1-6H3. The van der Waals surface area contributed by atoms with Gasteiger partial charge in [0.1, 0.15) is 0 Å². The van der Waals surface area contributed by atoms with Crippen LogP contribution in [0.1, 0.15) is 56.8 Å². The molecule has 1 N–H and O–H groups in total. The van der Waals surface area contributed by atoms with E-state index in [1.807, 2.05) is 27.7 Å². The third-order valence-electron chi connectivity index (χ3n) is 4.22. The predicted octanol–water partition coefficient (Wildman–Crippen LogP) is 3.21. The lowest BCUT2D eigenvalue weighted by Gasteiger charge is -2.30. The fourth-order valence-electron chi connectivity index (χ4n) is 2.17. The molecule has 0 radical (unpaired) electrons. The highest BCUT2D eigenvalue weighted by Gasteiger charge is 2.49. The van der Waals surface area contributed by atoms with Crippen LogP contribution < -0.4 is 4.74 Å². The van der Waals surface area contributed by atoms with Gasteiger partial charge in [0.2, 0.25) is 0 Å². The normalized spacial score (nSPS) is 20.5. The maximum atomic E-state index is 11.7. The monoisotopic (exact) mass is 294 g/mol. The average Bonchev–Trinajstić information content (AvgIpc) is 2.58. The maximum absolute atomic E-state index is 11.7. The van der Waals surface area contributed by atoms with Crippen LogP contribution in [-0.4, -0.2) is 29.2 Å². The summed E-state index contributed by atoms with van der Waals surface area (Å²) >= 11 is 0. The van der Waals surface area contributed by atoms with Crippen LogP contribution in [-0.2, 0) is 9.47 Å². The average molecular weight is 294 g/mol. The van der Waals surface area contributed by atoms with Gasteiger partial charge in [-0.2, -0.15) is 0 Å². The van der Waals surface area contributed by atoms with E-state index in [0.717, 1.165) is 0 Å². The van der Waals surface area contributed by atoms with Gasteiger partial charge in [0, 0.05) is 5.56 Å². The van der Waals surface area contributed by atoms with Gasteiger partial charge < -0.3 is 19.3 Å². The molecule has 0 aliphatic carbocycles. The summed E-state index contributed by atoms with van der Waals surface area (Å²) in [6.45, 7) is 9.21. The molecule has 2 rings (SSSR count). The zero-order valence-electron chi connectivity index (χ0n) is 13.3. The number of hydrogen-bond acceptors (Lipinski definition) is 5. The minimum Gasteiger partial charge on any atom is -0.504 e. The van der Waals surface area contributed by atoms with Crippen LogP contribution in [0.25, 0.3) is 0 Å². The van der Waals surface area contributed by atoms with Gasteiger partial charge in [-0.05, 0) is 46.8 Å². The van der Waals surface area contributed by atoms with Gasteiger partial charge in [-0.25, -0.2) is 0 Å². The summed E-state index contributed by atoms with van der Waals surface area (Å²) in [5.74, 6) is -0.179. The number of aromatic hydroxyl groups is 1. The predicted molar refractivity (Wildman–Crippen MR) is 77.7 cm³/mol. The topological polar surface area (TPSA) is 65.0 Å². The lowest BCUT2D eigenvalue weighted by atomic mass is 9.90. The zero-order valence-corrected chi connectivity index (χ0v) is 13.3. The van der Waals surface area contributed by atoms with Crippen LogP contribution in [0.2, 0.25) is 0 Å². The number of carbonyl (C=O) groups excluding carboxylic acids is 1. The molecule has 1 aromatic rings. The van der Waals surface area contributed by atoms with Crippen molar-refractivity contribution >= 4 is 5.78 Å². The second-order valence-electron chi connectivity index (χ2n) is 6.26. The number of carbonyl (C=O) groups is 1. The van der Waals surface area contributed by atoms with Crippen molar-refractivity contribution in [3.05, 3.63) is 23.3 Å². The number of ketones is 1. The van der Waals surface area contributed by atoms with Crippen LogP contribution in [0.4, 0.5) is 0 Å². The van der Waals surface area contributed by atoms with Crippen molar-refractivity contribution in [3.8, 4) is 11.5 Å². The van der Waals surface area contributed by atoms with Crippen LogP contribution in [0, 0.1) is 0 Å². The number of phenolic OH excluding ortho intramolecular Hbond substituents is 1. The SMILES string of the molecule is COc1cc(C2OC(C)(C)C(C)(C)O2)cc(C(C)=O)c1O. The minimum atomic E-state index is -0.609. The second kappa shape index (κ2) is 5.00. The van der Waals surface area contributed by atoms with E-state index in [2.05, 4.69) is 0 Å². The summed E-state index contributed by atoms with van der Waals surface area (Å²) in [5, 5.41) is 10.0. The summed E-state index contributed by atoms with van der Waals surface area (Å²) in [4.78, 5) is 11.7. The van der Waals surface area contributed by atoms with Gasteiger partial charge >= 0.3 is 0 Å². The number of phenols is 1. The lowest BCUT2D eigenvalue weighted by molar-refractivity contribution is -0.0896. The molecule has 0 saturated carbocycles. The molecule has 1 saturated heterocycles. The molecule has 0 unspecified atom stereocenters. The van der Waals surface area contributed by atoms with Gasteiger partial charge in [-0.1, -0.05) is 0 Å². The third-order valence-corrected chi connectivity index (χ3v) is 4.22. The Morgan fingerprint density at radius 3 is 2.14 bits per heavy atom. The Kier molecular flexibility index (Phi) is 3.76.